The topological polar surface area (TPSA) is 78.5 Å². The minimum absolute atomic E-state index is 0.0281. The van der Waals surface area contributed by atoms with E-state index in [0.29, 0.717) is 16.5 Å². The monoisotopic (exact) mass is 383 g/mol. The predicted octanol–water partition coefficient (Wildman–Crippen LogP) is 3.49. The van der Waals surface area contributed by atoms with Crippen molar-refractivity contribution >= 4 is 35.3 Å². The van der Waals surface area contributed by atoms with E-state index in [2.05, 4.69) is 24.5 Å². The molecule has 1 heterocycles. The molecule has 4 amide bonds. The Kier molecular flexibility index (Phi) is 5.81. The second-order valence-electron chi connectivity index (χ2n) is 6.48. The maximum atomic E-state index is 12.5. The van der Waals surface area contributed by atoms with Crippen molar-refractivity contribution in [1.29, 1.82) is 0 Å². The van der Waals surface area contributed by atoms with E-state index < -0.39 is 6.03 Å². The number of carbonyl (C=O) groups excluding carboxylic acids is 3. The summed E-state index contributed by atoms with van der Waals surface area (Å²) in [5.41, 5.74) is 1.95. The molecule has 140 valence electrons. The van der Waals surface area contributed by atoms with Crippen molar-refractivity contribution in [2.45, 2.75) is 30.5 Å². The van der Waals surface area contributed by atoms with Crippen LogP contribution in [0.2, 0.25) is 0 Å². The van der Waals surface area contributed by atoms with Gasteiger partial charge in [0.05, 0.1) is 13.1 Å². The Hall–Kier alpha value is -2.80. The van der Waals surface area contributed by atoms with E-state index in [9.17, 15) is 14.4 Å². The van der Waals surface area contributed by atoms with Crippen molar-refractivity contribution in [3.05, 3.63) is 59.7 Å². The maximum Gasteiger partial charge on any atom is 0.324 e. The third-order valence-electron chi connectivity index (χ3n) is 3.95. The fourth-order valence-corrected chi connectivity index (χ4v) is 3.54. The SMILES string of the molecule is CC(C)Sc1ccc(C(=O)Nc2cccc(CN3C(=O)CNC3=O)c2)cc1. The summed E-state index contributed by atoms with van der Waals surface area (Å²) in [6.07, 6.45) is 0. The van der Waals surface area contributed by atoms with E-state index in [1.165, 1.54) is 0 Å². The van der Waals surface area contributed by atoms with Crippen LogP contribution in [0, 0.1) is 0 Å². The Balaban J connectivity index is 1.66. The first kappa shape index (κ1) is 19.0. The van der Waals surface area contributed by atoms with Crippen LogP contribution >= 0.6 is 11.8 Å². The van der Waals surface area contributed by atoms with E-state index >= 15 is 0 Å². The third kappa shape index (κ3) is 4.89. The molecule has 1 fully saturated rings. The van der Waals surface area contributed by atoms with Gasteiger partial charge in [-0.3, -0.25) is 14.5 Å². The maximum absolute atomic E-state index is 12.5. The van der Waals surface area contributed by atoms with Crippen molar-refractivity contribution in [1.82, 2.24) is 10.2 Å². The van der Waals surface area contributed by atoms with Crippen molar-refractivity contribution in [2.24, 2.45) is 0 Å². The third-order valence-corrected chi connectivity index (χ3v) is 4.97. The Morgan fingerprint density at radius 1 is 1.19 bits per heavy atom. The van der Waals surface area contributed by atoms with Crippen molar-refractivity contribution < 1.29 is 14.4 Å². The summed E-state index contributed by atoms with van der Waals surface area (Å²) in [7, 11) is 0. The summed E-state index contributed by atoms with van der Waals surface area (Å²) < 4.78 is 0. The van der Waals surface area contributed by atoms with Gasteiger partial charge < -0.3 is 10.6 Å². The van der Waals surface area contributed by atoms with Crippen LogP contribution in [0.4, 0.5) is 10.5 Å². The molecule has 0 unspecified atom stereocenters. The van der Waals surface area contributed by atoms with Gasteiger partial charge in [-0.1, -0.05) is 26.0 Å². The van der Waals surface area contributed by atoms with Crippen LogP contribution in [-0.4, -0.2) is 34.5 Å². The first-order chi connectivity index (χ1) is 12.9. The lowest BCUT2D eigenvalue weighted by molar-refractivity contribution is -0.125. The fraction of sp³-hybridized carbons (Fsp3) is 0.250. The molecule has 6 nitrogen and oxygen atoms in total. The highest BCUT2D eigenvalue weighted by Crippen LogP contribution is 2.23. The fourth-order valence-electron chi connectivity index (χ4n) is 2.71. The van der Waals surface area contributed by atoms with Crippen LogP contribution in [-0.2, 0) is 11.3 Å². The second-order valence-corrected chi connectivity index (χ2v) is 8.13. The Bertz CT molecular complexity index is 849. The summed E-state index contributed by atoms with van der Waals surface area (Å²) in [6.45, 7) is 4.45. The molecule has 0 bridgehead atoms. The van der Waals surface area contributed by atoms with Crippen molar-refractivity contribution in [3.63, 3.8) is 0 Å². The van der Waals surface area contributed by atoms with Gasteiger partial charge in [-0.25, -0.2) is 4.79 Å². The largest absolute Gasteiger partial charge is 0.329 e. The number of rotatable bonds is 6. The number of hydrogen-bond acceptors (Lipinski definition) is 4. The molecule has 0 aliphatic carbocycles. The van der Waals surface area contributed by atoms with Crippen molar-refractivity contribution in [3.8, 4) is 0 Å². The summed E-state index contributed by atoms with van der Waals surface area (Å²) in [4.78, 5) is 38.1. The van der Waals surface area contributed by atoms with Gasteiger partial charge in [-0.15, -0.1) is 11.8 Å². The highest BCUT2D eigenvalue weighted by molar-refractivity contribution is 7.99. The standard InChI is InChI=1S/C20H21N3O3S/c1-13(2)27-17-8-6-15(7-9-17)19(25)22-16-5-3-4-14(10-16)12-23-18(24)11-21-20(23)26/h3-10,13H,11-12H2,1-2H3,(H,21,26)(H,22,25). The van der Waals surface area contributed by atoms with E-state index in [0.717, 1.165) is 15.4 Å². The average Bonchev–Trinajstić information content (AvgIpc) is 2.94. The number of benzene rings is 2. The van der Waals surface area contributed by atoms with Crippen LogP contribution in [0.15, 0.2) is 53.4 Å². The van der Waals surface area contributed by atoms with Crippen LogP contribution in [0.1, 0.15) is 29.8 Å². The number of nitrogens with one attached hydrogen (secondary N) is 2. The lowest BCUT2D eigenvalue weighted by Gasteiger charge is -2.13. The van der Waals surface area contributed by atoms with Gasteiger partial charge in [0, 0.05) is 21.4 Å². The molecule has 2 N–H and O–H groups in total. The summed E-state index contributed by atoms with van der Waals surface area (Å²) >= 11 is 1.74. The Morgan fingerprint density at radius 3 is 2.56 bits per heavy atom. The van der Waals surface area contributed by atoms with Gasteiger partial charge >= 0.3 is 6.03 Å². The van der Waals surface area contributed by atoms with Gasteiger partial charge in [0.1, 0.15) is 0 Å². The van der Waals surface area contributed by atoms with E-state index in [1.54, 1.807) is 42.1 Å². The molecular formula is C20H21N3O3S. The lowest BCUT2D eigenvalue weighted by atomic mass is 10.1. The minimum Gasteiger partial charge on any atom is -0.329 e. The average molecular weight is 383 g/mol. The molecule has 0 spiro atoms. The molecular weight excluding hydrogens is 362 g/mol. The highest BCUT2D eigenvalue weighted by Gasteiger charge is 2.28. The molecule has 7 heteroatoms. The van der Waals surface area contributed by atoms with Gasteiger partial charge in [0.25, 0.3) is 5.91 Å². The molecule has 27 heavy (non-hydrogen) atoms. The van der Waals surface area contributed by atoms with Gasteiger partial charge in [0.2, 0.25) is 5.91 Å². The zero-order valence-electron chi connectivity index (χ0n) is 15.2. The summed E-state index contributed by atoms with van der Waals surface area (Å²) in [5.74, 6) is -0.461. The molecule has 2 aromatic rings. The quantitative estimate of drug-likeness (QED) is 0.591. The number of hydrogen-bond donors (Lipinski definition) is 2. The van der Waals surface area contributed by atoms with E-state index in [1.807, 2.05) is 18.2 Å². The smallest absolute Gasteiger partial charge is 0.324 e. The van der Waals surface area contributed by atoms with E-state index in [-0.39, 0.29) is 24.9 Å². The summed E-state index contributed by atoms with van der Waals surface area (Å²) in [5, 5.41) is 5.83. The first-order valence-electron chi connectivity index (χ1n) is 8.67. The molecule has 0 radical (unpaired) electrons. The number of carbonyl (C=O) groups is 3. The summed E-state index contributed by atoms with van der Waals surface area (Å²) in [6, 6.07) is 14.2. The number of thioether (sulfide) groups is 1. The Morgan fingerprint density at radius 2 is 1.93 bits per heavy atom. The van der Waals surface area contributed by atoms with Crippen LogP contribution in [0.25, 0.3) is 0 Å². The Labute approximate surface area is 162 Å². The molecule has 1 saturated heterocycles. The van der Waals surface area contributed by atoms with Gasteiger partial charge in [-0.2, -0.15) is 0 Å². The molecule has 2 aromatic carbocycles. The number of urea groups is 1. The molecule has 1 aliphatic rings. The highest BCUT2D eigenvalue weighted by atomic mass is 32.2. The van der Waals surface area contributed by atoms with E-state index in [4.69, 9.17) is 0 Å². The zero-order valence-corrected chi connectivity index (χ0v) is 16.0. The van der Waals surface area contributed by atoms with Crippen LogP contribution in [0.3, 0.4) is 0 Å². The van der Waals surface area contributed by atoms with Crippen LogP contribution in [0.5, 0.6) is 0 Å². The first-order valence-corrected chi connectivity index (χ1v) is 9.55. The second kappa shape index (κ2) is 8.26. The normalized spacial score (nSPS) is 13.8. The lowest BCUT2D eigenvalue weighted by Crippen LogP contribution is -2.30. The molecule has 0 aromatic heterocycles. The number of nitrogens with zero attached hydrogens (tertiary/aromatic N) is 1. The van der Waals surface area contributed by atoms with Crippen molar-refractivity contribution in [2.75, 3.05) is 11.9 Å². The van der Waals surface area contributed by atoms with Gasteiger partial charge in [-0.05, 0) is 42.0 Å². The van der Waals surface area contributed by atoms with Crippen LogP contribution < -0.4 is 10.6 Å². The number of anilines is 1. The predicted molar refractivity (Wildman–Crippen MR) is 106 cm³/mol. The number of amides is 4. The molecule has 1 aliphatic heterocycles. The molecule has 0 atom stereocenters. The molecule has 0 saturated carbocycles. The zero-order chi connectivity index (χ0) is 19.4. The molecule has 3 rings (SSSR count). The number of imide groups is 1. The van der Waals surface area contributed by atoms with Gasteiger partial charge in [0.15, 0.2) is 0 Å². The minimum atomic E-state index is -0.395.